The zero-order valence-corrected chi connectivity index (χ0v) is 12.9. The maximum Gasteiger partial charge on any atom is -0.0260 e. The number of benzene rings is 1. The minimum Gasteiger partial charge on any atom is -0.103 e. The van der Waals surface area contributed by atoms with Crippen molar-refractivity contribution in [1.29, 1.82) is 0 Å². The molecule has 0 N–H and O–H groups in total. The van der Waals surface area contributed by atoms with Gasteiger partial charge in [-0.25, -0.2) is 0 Å². The second kappa shape index (κ2) is 12.7. The van der Waals surface area contributed by atoms with Crippen LogP contribution in [-0.4, -0.2) is 0 Å². The van der Waals surface area contributed by atoms with Crippen LogP contribution < -0.4 is 0 Å². The lowest BCUT2D eigenvalue weighted by Gasteiger charge is -2.00. The topological polar surface area (TPSA) is 0 Å². The number of allylic oxidation sites excluding steroid dienone is 2. The molecule has 0 aromatic heterocycles. The van der Waals surface area contributed by atoms with Crippen molar-refractivity contribution in [3.05, 3.63) is 54.6 Å². The summed E-state index contributed by atoms with van der Waals surface area (Å²) in [4.78, 5) is 0. The van der Waals surface area contributed by atoms with E-state index in [-0.39, 0.29) is 0 Å². The van der Waals surface area contributed by atoms with Gasteiger partial charge >= 0.3 is 0 Å². The molecule has 0 bridgehead atoms. The van der Waals surface area contributed by atoms with E-state index in [1.54, 1.807) is 0 Å². The lowest BCUT2D eigenvalue weighted by molar-refractivity contribution is 0.571. The van der Waals surface area contributed by atoms with Gasteiger partial charge in [-0.15, -0.1) is 6.58 Å². The first kappa shape index (κ1) is 16.8. The molecule has 0 aliphatic carbocycles. The average molecular weight is 270 g/mol. The molecule has 0 unspecified atom stereocenters. The third kappa shape index (κ3) is 9.61. The molecule has 0 heterocycles. The van der Waals surface area contributed by atoms with E-state index in [2.05, 4.69) is 49.1 Å². The lowest BCUT2D eigenvalue weighted by Crippen LogP contribution is -1.81. The summed E-state index contributed by atoms with van der Waals surface area (Å²) in [5.74, 6) is 0. The molecule has 0 nitrogen and oxygen atoms in total. The molecular formula is C20H30. The maximum atomic E-state index is 3.76. The van der Waals surface area contributed by atoms with Gasteiger partial charge in [0.25, 0.3) is 0 Å². The van der Waals surface area contributed by atoms with Crippen LogP contribution in [-0.2, 0) is 0 Å². The van der Waals surface area contributed by atoms with Crippen molar-refractivity contribution < 1.29 is 0 Å². The number of rotatable bonds is 12. The van der Waals surface area contributed by atoms with Crippen LogP contribution in [0.3, 0.4) is 0 Å². The monoisotopic (exact) mass is 270 g/mol. The molecule has 1 rings (SSSR count). The predicted octanol–water partition coefficient (Wildman–Crippen LogP) is 6.79. The molecule has 0 atom stereocenters. The Labute approximate surface area is 125 Å². The van der Waals surface area contributed by atoms with E-state index in [4.69, 9.17) is 0 Å². The Hall–Kier alpha value is -1.30. The molecule has 110 valence electrons. The summed E-state index contributed by atoms with van der Waals surface area (Å²) in [5.41, 5.74) is 1.31. The molecule has 20 heavy (non-hydrogen) atoms. The Morgan fingerprint density at radius 2 is 1.25 bits per heavy atom. The van der Waals surface area contributed by atoms with E-state index >= 15 is 0 Å². The Balaban J connectivity index is 1.85. The second-order valence-corrected chi connectivity index (χ2v) is 5.51. The Kier molecular flexibility index (Phi) is 10.7. The first-order valence-corrected chi connectivity index (χ1v) is 8.26. The van der Waals surface area contributed by atoms with Gasteiger partial charge in [0.1, 0.15) is 0 Å². The van der Waals surface area contributed by atoms with E-state index < -0.39 is 0 Å². The molecule has 0 amide bonds. The second-order valence-electron chi connectivity index (χ2n) is 5.51. The van der Waals surface area contributed by atoms with E-state index in [9.17, 15) is 0 Å². The average Bonchev–Trinajstić information content (AvgIpc) is 2.49. The third-order valence-corrected chi connectivity index (χ3v) is 3.64. The van der Waals surface area contributed by atoms with Gasteiger partial charge in [-0.05, 0) is 31.2 Å². The summed E-state index contributed by atoms with van der Waals surface area (Å²) in [6.45, 7) is 3.76. The van der Waals surface area contributed by atoms with E-state index in [1.807, 2.05) is 6.08 Å². The molecule has 0 saturated carbocycles. The van der Waals surface area contributed by atoms with Crippen LogP contribution in [0.4, 0.5) is 0 Å². The van der Waals surface area contributed by atoms with Crippen LogP contribution in [0.15, 0.2) is 49.1 Å². The number of hydrogen-bond acceptors (Lipinski definition) is 0. The van der Waals surface area contributed by atoms with Crippen LogP contribution in [0.2, 0.25) is 0 Å². The van der Waals surface area contributed by atoms with Gasteiger partial charge in [0.15, 0.2) is 0 Å². The first-order valence-electron chi connectivity index (χ1n) is 8.26. The SMILES string of the molecule is C=CCCCCCCCCCC/C=C/c1ccccc1. The van der Waals surface area contributed by atoms with E-state index in [0.29, 0.717) is 0 Å². The summed E-state index contributed by atoms with van der Waals surface area (Å²) in [6, 6.07) is 10.6. The normalized spacial score (nSPS) is 11.0. The van der Waals surface area contributed by atoms with Crippen LogP contribution in [0.5, 0.6) is 0 Å². The van der Waals surface area contributed by atoms with Crippen molar-refractivity contribution in [3.63, 3.8) is 0 Å². The van der Waals surface area contributed by atoms with Crippen LogP contribution in [0.1, 0.15) is 69.8 Å². The molecule has 1 aromatic carbocycles. The Bertz CT molecular complexity index is 348. The summed E-state index contributed by atoms with van der Waals surface area (Å²) in [6.07, 6.45) is 20.0. The molecule has 0 fully saturated rings. The van der Waals surface area contributed by atoms with Crippen LogP contribution in [0, 0.1) is 0 Å². The lowest BCUT2D eigenvalue weighted by atomic mass is 10.1. The fraction of sp³-hybridized carbons (Fsp3) is 0.500. The number of hydrogen-bond donors (Lipinski definition) is 0. The van der Waals surface area contributed by atoms with E-state index in [1.165, 1.54) is 69.8 Å². The van der Waals surface area contributed by atoms with Crippen molar-refractivity contribution in [2.45, 2.75) is 64.2 Å². The first-order chi connectivity index (χ1) is 9.93. The fourth-order valence-corrected chi connectivity index (χ4v) is 2.40. The standard InChI is InChI=1S/C20H30/c1-2-3-4-5-6-7-8-9-10-11-12-14-17-20-18-15-13-16-19-20/h2,13-19H,1,3-12H2/b17-14+. The molecule has 0 aliphatic rings. The van der Waals surface area contributed by atoms with Crippen molar-refractivity contribution in [1.82, 2.24) is 0 Å². The minimum atomic E-state index is 1.19. The van der Waals surface area contributed by atoms with Crippen molar-refractivity contribution in [3.8, 4) is 0 Å². The molecule has 1 aromatic rings. The minimum absolute atomic E-state index is 1.19. The Morgan fingerprint density at radius 1 is 0.700 bits per heavy atom. The highest BCUT2D eigenvalue weighted by Gasteiger charge is 1.91. The van der Waals surface area contributed by atoms with Gasteiger partial charge in [0.05, 0.1) is 0 Å². The fourth-order valence-electron chi connectivity index (χ4n) is 2.40. The quantitative estimate of drug-likeness (QED) is 0.290. The van der Waals surface area contributed by atoms with Gasteiger partial charge in [-0.1, -0.05) is 87.1 Å². The summed E-state index contributed by atoms with van der Waals surface area (Å²) in [5, 5.41) is 0. The van der Waals surface area contributed by atoms with Crippen molar-refractivity contribution in [2.75, 3.05) is 0 Å². The molecule has 0 radical (unpaired) electrons. The van der Waals surface area contributed by atoms with Gasteiger partial charge in [0.2, 0.25) is 0 Å². The summed E-state index contributed by atoms with van der Waals surface area (Å²) >= 11 is 0. The van der Waals surface area contributed by atoms with Gasteiger partial charge < -0.3 is 0 Å². The van der Waals surface area contributed by atoms with Crippen molar-refractivity contribution in [2.24, 2.45) is 0 Å². The zero-order valence-electron chi connectivity index (χ0n) is 12.9. The van der Waals surface area contributed by atoms with Crippen LogP contribution >= 0.6 is 0 Å². The van der Waals surface area contributed by atoms with Gasteiger partial charge in [-0.2, -0.15) is 0 Å². The third-order valence-electron chi connectivity index (χ3n) is 3.64. The summed E-state index contributed by atoms with van der Waals surface area (Å²) < 4.78 is 0. The highest BCUT2D eigenvalue weighted by Crippen LogP contribution is 2.11. The molecule has 0 heteroatoms. The Morgan fingerprint density at radius 3 is 1.85 bits per heavy atom. The highest BCUT2D eigenvalue weighted by atomic mass is 14.0. The molecule has 0 aliphatic heterocycles. The highest BCUT2D eigenvalue weighted by molar-refractivity contribution is 5.48. The summed E-state index contributed by atoms with van der Waals surface area (Å²) in [7, 11) is 0. The van der Waals surface area contributed by atoms with Crippen molar-refractivity contribution >= 4 is 6.08 Å². The molecule has 0 spiro atoms. The largest absolute Gasteiger partial charge is 0.103 e. The van der Waals surface area contributed by atoms with Gasteiger partial charge in [-0.3, -0.25) is 0 Å². The predicted molar refractivity (Wildman–Crippen MR) is 91.8 cm³/mol. The smallest absolute Gasteiger partial charge is 0.0260 e. The number of unbranched alkanes of at least 4 members (excludes halogenated alkanes) is 9. The maximum absolute atomic E-state index is 3.76. The van der Waals surface area contributed by atoms with Gasteiger partial charge in [0, 0.05) is 0 Å². The zero-order chi connectivity index (χ0) is 14.3. The molecule has 0 saturated heterocycles. The van der Waals surface area contributed by atoms with Crippen LogP contribution in [0.25, 0.3) is 6.08 Å². The molecular weight excluding hydrogens is 240 g/mol. The van der Waals surface area contributed by atoms with E-state index in [0.717, 1.165) is 0 Å².